The lowest BCUT2D eigenvalue weighted by Gasteiger charge is -2.48. The molecule has 2 saturated carbocycles. The van der Waals surface area contributed by atoms with Crippen molar-refractivity contribution in [3.63, 3.8) is 0 Å². The molecule has 10 heteroatoms. The van der Waals surface area contributed by atoms with Gasteiger partial charge >= 0.3 is 5.97 Å². The van der Waals surface area contributed by atoms with E-state index in [4.69, 9.17) is 10.6 Å². The van der Waals surface area contributed by atoms with Gasteiger partial charge in [0.2, 0.25) is 5.71 Å². The number of carbonyl (C=O) groups excluding carboxylic acids is 1. The SMILES string of the molecule is NC(=O)CON=C(C(=O)O)c1nc2ccccc2n(C2C[C@H]3CC[C@@H](C2)N3C2CC3CCCCC(C3)C2)c1=O. The van der Waals surface area contributed by atoms with Crippen LogP contribution in [0.1, 0.15) is 82.4 Å². The first-order valence-electron chi connectivity index (χ1n) is 14.4. The van der Waals surface area contributed by atoms with Crippen LogP contribution in [0, 0.1) is 11.8 Å². The number of hydrogen-bond acceptors (Lipinski definition) is 7. The van der Waals surface area contributed by atoms with E-state index < -0.39 is 29.8 Å². The van der Waals surface area contributed by atoms with Gasteiger partial charge in [-0.05, 0) is 68.9 Å². The van der Waals surface area contributed by atoms with Crippen LogP contribution in [-0.4, -0.2) is 61.9 Å². The van der Waals surface area contributed by atoms with Crippen molar-refractivity contribution in [2.75, 3.05) is 6.61 Å². The molecule has 2 aromatic rings. The van der Waals surface area contributed by atoms with Gasteiger partial charge in [-0.25, -0.2) is 9.78 Å². The molecule has 2 aliphatic carbocycles. The van der Waals surface area contributed by atoms with Gasteiger partial charge in [0.05, 0.1) is 11.0 Å². The second-order valence-corrected chi connectivity index (χ2v) is 11.9. The Morgan fingerprint density at radius 2 is 1.62 bits per heavy atom. The minimum atomic E-state index is -1.46. The summed E-state index contributed by atoms with van der Waals surface area (Å²) in [5, 5.41) is 13.4. The minimum Gasteiger partial charge on any atom is -0.476 e. The molecule has 39 heavy (non-hydrogen) atoms. The topological polar surface area (TPSA) is 140 Å². The van der Waals surface area contributed by atoms with Crippen LogP contribution in [0.15, 0.2) is 34.2 Å². The van der Waals surface area contributed by atoms with E-state index in [0.29, 0.717) is 29.2 Å². The molecular formula is C29H37N5O5. The van der Waals surface area contributed by atoms with Crippen molar-refractivity contribution in [2.45, 2.75) is 94.8 Å². The third-order valence-corrected chi connectivity index (χ3v) is 9.49. The van der Waals surface area contributed by atoms with Crippen LogP contribution in [0.5, 0.6) is 0 Å². The Morgan fingerprint density at radius 1 is 0.949 bits per heavy atom. The summed E-state index contributed by atoms with van der Waals surface area (Å²) in [7, 11) is 0. The number of benzene rings is 1. The van der Waals surface area contributed by atoms with Crippen molar-refractivity contribution >= 4 is 28.6 Å². The molecule has 4 bridgehead atoms. The number of carbonyl (C=O) groups is 2. The van der Waals surface area contributed by atoms with Crippen LogP contribution in [0.4, 0.5) is 0 Å². The van der Waals surface area contributed by atoms with E-state index >= 15 is 0 Å². The second-order valence-electron chi connectivity index (χ2n) is 11.9. The molecule has 2 saturated heterocycles. The Bertz CT molecular complexity index is 1330. The van der Waals surface area contributed by atoms with Crippen LogP contribution in [-0.2, 0) is 14.4 Å². The number of hydrogen-bond donors (Lipinski definition) is 2. The van der Waals surface area contributed by atoms with Crippen LogP contribution in [0.3, 0.4) is 0 Å². The van der Waals surface area contributed by atoms with Gasteiger partial charge in [-0.2, -0.15) is 0 Å². The van der Waals surface area contributed by atoms with Gasteiger partial charge in [0, 0.05) is 24.2 Å². The summed E-state index contributed by atoms with van der Waals surface area (Å²) in [6, 6.07) is 8.74. The molecule has 1 aromatic carbocycles. The number of rotatable bonds is 7. The summed E-state index contributed by atoms with van der Waals surface area (Å²) in [6.45, 7) is -0.594. The number of amides is 1. The molecule has 1 aromatic heterocycles. The van der Waals surface area contributed by atoms with E-state index in [-0.39, 0.29) is 11.7 Å². The van der Waals surface area contributed by atoms with E-state index in [9.17, 15) is 19.5 Å². The minimum absolute atomic E-state index is 0.0645. The third-order valence-electron chi connectivity index (χ3n) is 9.49. The maximum Gasteiger partial charge on any atom is 0.360 e. The highest BCUT2D eigenvalue weighted by atomic mass is 16.6. The number of nitrogens with two attached hydrogens (primary N) is 1. The van der Waals surface area contributed by atoms with Gasteiger partial charge in [-0.1, -0.05) is 43.0 Å². The van der Waals surface area contributed by atoms with E-state index in [1.165, 1.54) is 44.9 Å². The monoisotopic (exact) mass is 535 g/mol. The van der Waals surface area contributed by atoms with E-state index in [0.717, 1.165) is 37.5 Å². The van der Waals surface area contributed by atoms with Gasteiger partial charge in [-0.15, -0.1) is 0 Å². The average molecular weight is 536 g/mol. The summed E-state index contributed by atoms with van der Waals surface area (Å²) >= 11 is 0. The molecule has 4 fully saturated rings. The molecule has 10 nitrogen and oxygen atoms in total. The molecule has 2 aliphatic heterocycles. The van der Waals surface area contributed by atoms with Gasteiger partial charge in [0.1, 0.15) is 0 Å². The quantitative estimate of drug-likeness (QED) is 0.410. The second kappa shape index (κ2) is 10.7. The summed E-state index contributed by atoms with van der Waals surface area (Å²) in [5.74, 6) is -0.548. The molecule has 0 radical (unpaired) electrons. The molecule has 1 amide bonds. The summed E-state index contributed by atoms with van der Waals surface area (Å²) in [6.07, 6.45) is 13.5. The van der Waals surface area contributed by atoms with Crippen LogP contribution in [0.25, 0.3) is 11.0 Å². The predicted octanol–water partition coefficient (Wildman–Crippen LogP) is 3.21. The standard InChI is InChI=1S/C29H37N5O5/c30-25(35)16-39-32-27(29(37)38)26-28(36)34(24-8-4-3-7-23(24)31-26)22-14-19-9-10-20(15-22)33(19)21-12-17-5-1-2-6-18(11-17)13-21/h3-4,7-8,17-22H,1-2,5-6,9-16H2,(H2,30,35)(H,37,38)/t17?,18?,19-,20+,21?,22?. The number of primary amides is 1. The molecule has 4 aliphatic rings. The van der Waals surface area contributed by atoms with E-state index in [1.54, 1.807) is 10.6 Å². The van der Waals surface area contributed by atoms with Crippen LogP contribution >= 0.6 is 0 Å². The van der Waals surface area contributed by atoms with Gasteiger partial charge in [0.25, 0.3) is 11.5 Å². The number of fused-ring (bicyclic) bond motifs is 5. The fourth-order valence-electron chi connectivity index (χ4n) is 8.12. The van der Waals surface area contributed by atoms with E-state index in [2.05, 4.69) is 15.0 Å². The summed E-state index contributed by atoms with van der Waals surface area (Å²) in [5.41, 5.74) is 4.86. The first kappa shape index (κ1) is 26.0. The van der Waals surface area contributed by atoms with Crippen molar-refractivity contribution in [3.05, 3.63) is 40.3 Å². The fraction of sp³-hybridized carbons (Fsp3) is 0.621. The van der Waals surface area contributed by atoms with Gasteiger partial charge in [0.15, 0.2) is 12.3 Å². The Labute approximate surface area is 227 Å². The highest BCUT2D eigenvalue weighted by molar-refractivity contribution is 6.41. The zero-order valence-corrected chi connectivity index (χ0v) is 22.2. The molecule has 3 N–H and O–H groups in total. The number of carboxylic acid groups (broad SMARTS) is 1. The van der Waals surface area contributed by atoms with Crippen LogP contribution in [0.2, 0.25) is 0 Å². The normalized spacial score (nSPS) is 31.1. The molecule has 3 heterocycles. The van der Waals surface area contributed by atoms with Gasteiger partial charge < -0.3 is 20.2 Å². The fourth-order valence-corrected chi connectivity index (χ4v) is 8.12. The number of para-hydroxylation sites is 2. The van der Waals surface area contributed by atoms with E-state index in [1.807, 2.05) is 18.2 Å². The molecule has 208 valence electrons. The predicted molar refractivity (Wildman–Crippen MR) is 145 cm³/mol. The third kappa shape index (κ3) is 5.06. The Morgan fingerprint density at radius 3 is 2.26 bits per heavy atom. The molecule has 5 atom stereocenters. The maximum atomic E-state index is 13.9. The summed E-state index contributed by atoms with van der Waals surface area (Å²) < 4.78 is 1.74. The highest BCUT2D eigenvalue weighted by Gasteiger charge is 2.47. The number of oxime groups is 1. The molecule has 3 unspecified atom stereocenters. The van der Waals surface area contributed by atoms with Crippen molar-refractivity contribution in [1.29, 1.82) is 0 Å². The lowest BCUT2D eigenvalue weighted by atomic mass is 9.76. The Hall–Kier alpha value is -3.27. The van der Waals surface area contributed by atoms with Crippen molar-refractivity contribution in [2.24, 2.45) is 22.7 Å². The summed E-state index contributed by atoms with van der Waals surface area (Å²) in [4.78, 5) is 49.1. The molecule has 6 rings (SSSR count). The van der Waals surface area contributed by atoms with Gasteiger partial charge in [-0.3, -0.25) is 14.5 Å². The zero-order chi connectivity index (χ0) is 27.1. The van der Waals surface area contributed by atoms with Crippen molar-refractivity contribution < 1.29 is 19.5 Å². The zero-order valence-electron chi connectivity index (χ0n) is 22.2. The van der Waals surface area contributed by atoms with Crippen molar-refractivity contribution in [1.82, 2.24) is 14.5 Å². The molecular weight excluding hydrogens is 498 g/mol. The maximum absolute atomic E-state index is 13.9. The Kier molecular flexibility index (Phi) is 7.14. The van der Waals surface area contributed by atoms with Crippen LogP contribution < -0.4 is 11.3 Å². The number of piperidine rings is 1. The first-order valence-corrected chi connectivity index (χ1v) is 14.4. The smallest absolute Gasteiger partial charge is 0.360 e. The average Bonchev–Trinajstić information content (AvgIpc) is 3.06. The van der Waals surface area contributed by atoms with Crippen molar-refractivity contribution in [3.8, 4) is 0 Å². The first-order chi connectivity index (χ1) is 18.9. The molecule has 0 spiro atoms. The lowest BCUT2D eigenvalue weighted by Crippen LogP contribution is -2.52. The number of aliphatic carboxylic acids is 1. The number of aromatic nitrogens is 2. The highest BCUT2D eigenvalue weighted by Crippen LogP contribution is 2.47. The lowest BCUT2D eigenvalue weighted by molar-refractivity contribution is -0.130. The largest absolute Gasteiger partial charge is 0.476 e. The number of nitrogens with zero attached hydrogens (tertiary/aromatic N) is 4. The number of carboxylic acids is 1. The Balaban J connectivity index is 1.33.